The van der Waals surface area contributed by atoms with Gasteiger partial charge < -0.3 is 9.64 Å². The van der Waals surface area contributed by atoms with Gasteiger partial charge >= 0.3 is 5.97 Å². The fourth-order valence-corrected chi connectivity index (χ4v) is 1.40. The molecule has 0 saturated heterocycles. The van der Waals surface area contributed by atoms with Crippen LogP contribution in [0.4, 0.5) is 0 Å². The Morgan fingerprint density at radius 2 is 2.00 bits per heavy atom. The normalized spacial score (nSPS) is 11.1. The molecule has 0 spiro atoms. The summed E-state index contributed by atoms with van der Waals surface area (Å²) < 4.78 is 4.87. The maximum atomic E-state index is 11.1. The van der Waals surface area contributed by atoms with Gasteiger partial charge in [0.15, 0.2) is 0 Å². The predicted molar refractivity (Wildman–Crippen MR) is 62.8 cm³/mol. The number of esters is 1. The molecule has 0 aromatic heterocycles. The zero-order chi connectivity index (χ0) is 11.7. The number of ether oxygens (including phenoxy) is 1. The van der Waals surface area contributed by atoms with Gasteiger partial charge in [0.05, 0.1) is 13.0 Å². The smallest absolute Gasteiger partial charge is 0.307 e. The summed E-state index contributed by atoms with van der Waals surface area (Å²) in [4.78, 5) is 13.3. The predicted octanol–water partition coefficient (Wildman–Crippen LogP) is 2.31. The first-order valence-electron chi connectivity index (χ1n) is 5.90. The molecule has 90 valence electrons. The Bertz CT molecular complexity index is 169. The number of rotatable bonds is 8. The minimum Gasteiger partial charge on any atom is -0.466 e. The van der Waals surface area contributed by atoms with Crippen LogP contribution in [0.5, 0.6) is 0 Å². The number of nitrogens with zero attached hydrogens (tertiary/aromatic N) is 1. The lowest BCUT2D eigenvalue weighted by molar-refractivity contribution is -0.143. The highest BCUT2D eigenvalue weighted by Crippen LogP contribution is 2.04. The Morgan fingerprint density at radius 3 is 2.53 bits per heavy atom. The summed E-state index contributed by atoms with van der Waals surface area (Å²) >= 11 is 0. The van der Waals surface area contributed by atoms with Crippen LogP contribution in [0.15, 0.2) is 0 Å². The molecule has 0 aliphatic carbocycles. The van der Waals surface area contributed by atoms with Crippen molar-refractivity contribution in [1.82, 2.24) is 4.90 Å². The van der Waals surface area contributed by atoms with Crippen molar-refractivity contribution < 1.29 is 9.53 Å². The number of carbonyl (C=O) groups excluding carboxylic acids is 1. The third-order valence-electron chi connectivity index (χ3n) is 2.32. The molecule has 15 heavy (non-hydrogen) atoms. The molecule has 0 unspecified atom stereocenters. The van der Waals surface area contributed by atoms with E-state index < -0.39 is 0 Å². The van der Waals surface area contributed by atoms with E-state index in [1.165, 1.54) is 12.8 Å². The summed E-state index contributed by atoms with van der Waals surface area (Å²) in [5.74, 6) is 0.677. The van der Waals surface area contributed by atoms with Crippen molar-refractivity contribution in [3.63, 3.8) is 0 Å². The van der Waals surface area contributed by atoms with E-state index in [9.17, 15) is 4.79 Å². The fourth-order valence-electron chi connectivity index (χ4n) is 1.40. The van der Waals surface area contributed by atoms with Gasteiger partial charge in [-0.2, -0.15) is 0 Å². The second kappa shape index (κ2) is 8.72. The largest absolute Gasteiger partial charge is 0.466 e. The average molecular weight is 215 g/mol. The molecule has 0 atom stereocenters. The molecule has 0 amide bonds. The highest BCUT2D eigenvalue weighted by atomic mass is 16.5. The van der Waals surface area contributed by atoms with E-state index in [2.05, 4.69) is 25.8 Å². The Kier molecular flexibility index (Phi) is 8.38. The third-order valence-corrected chi connectivity index (χ3v) is 2.32. The second-order valence-corrected chi connectivity index (χ2v) is 4.39. The molecule has 0 fully saturated rings. The van der Waals surface area contributed by atoms with Gasteiger partial charge in [-0.1, -0.05) is 13.8 Å². The fraction of sp³-hybridized carbons (Fsp3) is 0.917. The van der Waals surface area contributed by atoms with Crippen molar-refractivity contribution in [2.75, 3.05) is 26.7 Å². The molecule has 0 N–H and O–H groups in total. The van der Waals surface area contributed by atoms with Crippen molar-refractivity contribution in [2.45, 2.75) is 40.0 Å². The minimum atomic E-state index is -0.0896. The maximum absolute atomic E-state index is 11.1. The Morgan fingerprint density at radius 1 is 1.33 bits per heavy atom. The molecule has 0 saturated carbocycles. The van der Waals surface area contributed by atoms with Crippen LogP contribution in [-0.4, -0.2) is 37.6 Å². The summed E-state index contributed by atoms with van der Waals surface area (Å²) in [6.07, 6.45) is 2.97. The molecule has 0 aromatic rings. The monoisotopic (exact) mass is 215 g/mol. The molecule has 0 aliphatic rings. The van der Waals surface area contributed by atoms with Crippen molar-refractivity contribution in [1.29, 1.82) is 0 Å². The topological polar surface area (TPSA) is 29.5 Å². The summed E-state index contributed by atoms with van der Waals surface area (Å²) in [6.45, 7) is 8.66. The Balaban J connectivity index is 3.40. The van der Waals surface area contributed by atoms with Gasteiger partial charge in [0.1, 0.15) is 0 Å². The van der Waals surface area contributed by atoms with Crippen LogP contribution in [0.25, 0.3) is 0 Å². The quantitative estimate of drug-likeness (QED) is 0.582. The van der Waals surface area contributed by atoms with E-state index in [0.717, 1.165) is 19.0 Å². The van der Waals surface area contributed by atoms with Crippen LogP contribution >= 0.6 is 0 Å². The van der Waals surface area contributed by atoms with Gasteiger partial charge in [-0.25, -0.2) is 0 Å². The maximum Gasteiger partial charge on any atom is 0.307 e. The van der Waals surface area contributed by atoms with Crippen LogP contribution in [0.2, 0.25) is 0 Å². The van der Waals surface area contributed by atoms with Crippen molar-refractivity contribution in [3.8, 4) is 0 Å². The molecular weight excluding hydrogens is 190 g/mol. The van der Waals surface area contributed by atoms with E-state index in [-0.39, 0.29) is 5.97 Å². The van der Waals surface area contributed by atoms with Gasteiger partial charge in [-0.05, 0) is 39.3 Å². The first kappa shape index (κ1) is 14.4. The lowest BCUT2D eigenvalue weighted by Crippen LogP contribution is -2.24. The van der Waals surface area contributed by atoms with Crippen molar-refractivity contribution >= 4 is 5.97 Å². The van der Waals surface area contributed by atoms with Crippen LogP contribution in [-0.2, 0) is 9.53 Å². The summed E-state index contributed by atoms with van der Waals surface area (Å²) in [5, 5.41) is 0. The summed E-state index contributed by atoms with van der Waals surface area (Å²) in [5.41, 5.74) is 0. The van der Waals surface area contributed by atoms with Crippen LogP contribution in [0, 0.1) is 5.92 Å². The zero-order valence-corrected chi connectivity index (χ0v) is 10.6. The lowest BCUT2D eigenvalue weighted by atomic mass is 10.1. The van der Waals surface area contributed by atoms with Gasteiger partial charge in [-0.3, -0.25) is 4.79 Å². The van der Waals surface area contributed by atoms with E-state index >= 15 is 0 Å². The van der Waals surface area contributed by atoms with Gasteiger partial charge in [0.25, 0.3) is 0 Å². The van der Waals surface area contributed by atoms with Gasteiger partial charge in [0, 0.05) is 6.54 Å². The zero-order valence-electron chi connectivity index (χ0n) is 10.6. The standard InChI is InChI=1S/C12H25NO2/c1-5-15-12(14)8-10-13(4)9-6-7-11(2)3/h11H,5-10H2,1-4H3. The Hall–Kier alpha value is -0.570. The van der Waals surface area contributed by atoms with E-state index in [0.29, 0.717) is 13.0 Å². The lowest BCUT2D eigenvalue weighted by Gasteiger charge is -2.16. The highest BCUT2D eigenvalue weighted by Gasteiger charge is 2.04. The van der Waals surface area contributed by atoms with E-state index in [1.54, 1.807) is 0 Å². The van der Waals surface area contributed by atoms with E-state index in [4.69, 9.17) is 4.74 Å². The molecule has 0 aromatic carbocycles. The average Bonchev–Trinajstić information content (AvgIpc) is 2.14. The van der Waals surface area contributed by atoms with Crippen molar-refractivity contribution in [3.05, 3.63) is 0 Å². The van der Waals surface area contributed by atoms with Crippen LogP contribution in [0.3, 0.4) is 0 Å². The Labute approximate surface area is 93.8 Å². The summed E-state index contributed by atoms with van der Waals surface area (Å²) in [7, 11) is 2.06. The molecular formula is C12H25NO2. The van der Waals surface area contributed by atoms with Gasteiger partial charge in [0.2, 0.25) is 0 Å². The van der Waals surface area contributed by atoms with Crippen LogP contribution in [0.1, 0.15) is 40.0 Å². The first-order valence-corrected chi connectivity index (χ1v) is 5.90. The SMILES string of the molecule is CCOC(=O)CCN(C)CCCC(C)C. The molecule has 0 bridgehead atoms. The molecule has 0 rings (SSSR count). The molecule has 0 heterocycles. The van der Waals surface area contributed by atoms with Crippen molar-refractivity contribution in [2.24, 2.45) is 5.92 Å². The molecule has 0 aliphatic heterocycles. The summed E-state index contributed by atoms with van der Waals surface area (Å²) in [6, 6.07) is 0. The third kappa shape index (κ3) is 9.73. The number of hydrogen-bond acceptors (Lipinski definition) is 3. The number of hydrogen-bond donors (Lipinski definition) is 0. The second-order valence-electron chi connectivity index (χ2n) is 4.39. The first-order chi connectivity index (χ1) is 7.06. The molecule has 3 nitrogen and oxygen atoms in total. The highest BCUT2D eigenvalue weighted by molar-refractivity contribution is 5.69. The van der Waals surface area contributed by atoms with Crippen LogP contribution < -0.4 is 0 Å². The number of carbonyl (C=O) groups is 1. The van der Waals surface area contributed by atoms with Gasteiger partial charge in [-0.15, -0.1) is 0 Å². The molecule has 3 heteroatoms. The van der Waals surface area contributed by atoms with E-state index in [1.807, 2.05) is 6.92 Å². The minimum absolute atomic E-state index is 0.0896. The molecule has 0 radical (unpaired) electrons.